The van der Waals surface area contributed by atoms with Crippen molar-refractivity contribution in [2.45, 2.75) is 26.8 Å². The van der Waals surface area contributed by atoms with Gasteiger partial charge in [0, 0.05) is 12.1 Å². The summed E-state index contributed by atoms with van der Waals surface area (Å²) in [5.41, 5.74) is -0.736. The number of hydrogen-bond donors (Lipinski definition) is 1. The fourth-order valence-electron chi connectivity index (χ4n) is 2.22. The lowest BCUT2D eigenvalue weighted by Gasteiger charge is -2.19. The number of hydrogen-bond acceptors (Lipinski definition) is 5. The molecule has 122 valence electrons. The fraction of sp³-hybridized carbons (Fsp3) is 0.400. The van der Waals surface area contributed by atoms with Gasteiger partial charge in [0.2, 0.25) is 5.91 Å². The minimum atomic E-state index is -0.815. The molecule has 0 saturated heterocycles. The summed E-state index contributed by atoms with van der Waals surface area (Å²) in [6, 6.07) is 3.73. The third kappa shape index (κ3) is 3.05. The Morgan fingerprint density at radius 2 is 1.91 bits per heavy atom. The van der Waals surface area contributed by atoms with Crippen LogP contribution in [0.1, 0.15) is 41.5 Å². The second-order valence-corrected chi connectivity index (χ2v) is 5.75. The molecule has 0 aliphatic carbocycles. The zero-order chi connectivity index (χ0) is 17.3. The molecule has 1 atom stereocenters. The minimum Gasteiger partial charge on any atom is -0.352 e. The third-order valence-electron chi connectivity index (χ3n) is 3.86. The van der Waals surface area contributed by atoms with Crippen LogP contribution in [0.4, 0.5) is 5.69 Å². The highest BCUT2D eigenvalue weighted by Gasteiger charge is 2.41. The summed E-state index contributed by atoms with van der Waals surface area (Å²) in [7, 11) is 0. The van der Waals surface area contributed by atoms with Gasteiger partial charge < -0.3 is 5.32 Å². The molecule has 23 heavy (non-hydrogen) atoms. The van der Waals surface area contributed by atoms with Crippen molar-refractivity contribution in [2.75, 3.05) is 6.54 Å². The Bertz CT molecular complexity index is 698. The van der Waals surface area contributed by atoms with Crippen LogP contribution in [0.15, 0.2) is 18.2 Å². The van der Waals surface area contributed by atoms with Crippen LogP contribution in [0.5, 0.6) is 0 Å². The molecule has 1 aliphatic heterocycles. The SMILES string of the molecule is CC(C)[C@H](C)NC(=O)CN1C(=O)c2cccc([N+](=O)[O-])c2C1=O. The number of nitrogens with zero attached hydrogens (tertiary/aromatic N) is 2. The van der Waals surface area contributed by atoms with Crippen molar-refractivity contribution in [3.05, 3.63) is 39.4 Å². The summed E-state index contributed by atoms with van der Waals surface area (Å²) in [4.78, 5) is 47.6. The van der Waals surface area contributed by atoms with Crippen LogP contribution in [0, 0.1) is 16.0 Å². The third-order valence-corrected chi connectivity index (χ3v) is 3.86. The Morgan fingerprint density at radius 1 is 1.26 bits per heavy atom. The summed E-state index contributed by atoms with van der Waals surface area (Å²) >= 11 is 0. The second kappa shape index (κ2) is 6.15. The first-order valence-electron chi connectivity index (χ1n) is 7.17. The van der Waals surface area contributed by atoms with E-state index in [1.807, 2.05) is 20.8 Å². The van der Waals surface area contributed by atoms with Crippen molar-refractivity contribution in [1.29, 1.82) is 0 Å². The Morgan fingerprint density at radius 3 is 2.48 bits per heavy atom. The molecule has 0 spiro atoms. The van der Waals surface area contributed by atoms with E-state index in [1.165, 1.54) is 12.1 Å². The average molecular weight is 319 g/mol. The largest absolute Gasteiger partial charge is 0.352 e. The van der Waals surface area contributed by atoms with E-state index in [-0.39, 0.29) is 23.1 Å². The Hall–Kier alpha value is -2.77. The van der Waals surface area contributed by atoms with Crippen LogP contribution in [-0.4, -0.2) is 40.1 Å². The number of fused-ring (bicyclic) bond motifs is 1. The average Bonchev–Trinajstić information content (AvgIpc) is 2.72. The van der Waals surface area contributed by atoms with E-state index in [9.17, 15) is 24.5 Å². The highest BCUT2D eigenvalue weighted by atomic mass is 16.6. The number of carbonyl (C=O) groups is 3. The number of nitro groups is 1. The predicted molar refractivity (Wildman–Crippen MR) is 80.9 cm³/mol. The summed E-state index contributed by atoms with van der Waals surface area (Å²) in [6.07, 6.45) is 0. The first kappa shape index (κ1) is 16.6. The van der Waals surface area contributed by atoms with Crippen molar-refractivity contribution in [1.82, 2.24) is 10.2 Å². The normalized spacial score (nSPS) is 14.9. The van der Waals surface area contributed by atoms with Crippen LogP contribution < -0.4 is 5.32 Å². The van der Waals surface area contributed by atoms with Crippen LogP contribution >= 0.6 is 0 Å². The van der Waals surface area contributed by atoms with Gasteiger partial charge in [-0.2, -0.15) is 0 Å². The monoisotopic (exact) mass is 319 g/mol. The summed E-state index contributed by atoms with van der Waals surface area (Å²) in [5, 5.41) is 13.7. The molecule has 1 aliphatic rings. The zero-order valence-corrected chi connectivity index (χ0v) is 13.0. The van der Waals surface area contributed by atoms with E-state index in [2.05, 4.69) is 5.32 Å². The zero-order valence-electron chi connectivity index (χ0n) is 13.0. The van der Waals surface area contributed by atoms with Crippen molar-refractivity contribution < 1.29 is 19.3 Å². The minimum absolute atomic E-state index is 0.0473. The summed E-state index contributed by atoms with van der Waals surface area (Å²) in [6.45, 7) is 5.21. The molecule has 0 fully saturated rings. The van der Waals surface area contributed by atoms with E-state index in [1.54, 1.807) is 0 Å². The quantitative estimate of drug-likeness (QED) is 0.500. The molecule has 0 bridgehead atoms. The molecule has 1 aromatic rings. The van der Waals surface area contributed by atoms with Gasteiger partial charge in [0.15, 0.2) is 0 Å². The van der Waals surface area contributed by atoms with Crippen LogP contribution in [0.2, 0.25) is 0 Å². The molecule has 8 nitrogen and oxygen atoms in total. The molecule has 3 amide bonds. The lowest BCUT2D eigenvalue weighted by Crippen LogP contribution is -2.44. The van der Waals surface area contributed by atoms with Gasteiger partial charge in [0.25, 0.3) is 17.5 Å². The van der Waals surface area contributed by atoms with Gasteiger partial charge in [0.05, 0.1) is 10.5 Å². The first-order valence-corrected chi connectivity index (χ1v) is 7.17. The molecule has 8 heteroatoms. The fourth-order valence-corrected chi connectivity index (χ4v) is 2.22. The van der Waals surface area contributed by atoms with Crippen LogP contribution in [0.25, 0.3) is 0 Å². The van der Waals surface area contributed by atoms with Crippen molar-refractivity contribution in [2.24, 2.45) is 5.92 Å². The molecular weight excluding hydrogens is 302 g/mol. The van der Waals surface area contributed by atoms with E-state index in [4.69, 9.17) is 0 Å². The second-order valence-electron chi connectivity index (χ2n) is 5.75. The van der Waals surface area contributed by atoms with Gasteiger partial charge in [-0.1, -0.05) is 19.9 Å². The number of amides is 3. The molecule has 1 N–H and O–H groups in total. The smallest absolute Gasteiger partial charge is 0.282 e. The lowest BCUT2D eigenvalue weighted by atomic mass is 10.1. The maximum absolute atomic E-state index is 12.3. The Balaban J connectivity index is 2.23. The maximum atomic E-state index is 12.3. The number of nitro benzene ring substituents is 1. The van der Waals surface area contributed by atoms with Gasteiger partial charge in [-0.15, -0.1) is 0 Å². The van der Waals surface area contributed by atoms with Crippen molar-refractivity contribution in [3.8, 4) is 0 Å². The molecule has 1 aromatic carbocycles. The molecule has 0 aromatic heterocycles. The number of carbonyl (C=O) groups excluding carboxylic acids is 3. The molecule has 0 radical (unpaired) electrons. The molecule has 1 heterocycles. The summed E-state index contributed by atoms with van der Waals surface area (Å²) < 4.78 is 0. The maximum Gasteiger partial charge on any atom is 0.282 e. The molecule has 0 saturated carbocycles. The molecule has 2 rings (SSSR count). The number of benzene rings is 1. The number of rotatable bonds is 5. The standard InChI is InChI=1S/C15H17N3O5/c1-8(2)9(3)16-12(19)7-17-14(20)10-5-4-6-11(18(22)23)13(10)15(17)21/h4-6,8-9H,7H2,1-3H3,(H,16,19)/t9-/m0/s1. The number of nitrogens with one attached hydrogen (secondary N) is 1. The van der Waals surface area contributed by atoms with E-state index < -0.39 is 34.9 Å². The Kier molecular flexibility index (Phi) is 4.44. The van der Waals surface area contributed by atoms with Crippen LogP contribution in [0.3, 0.4) is 0 Å². The van der Waals surface area contributed by atoms with Gasteiger partial charge in [-0.05, 0) is 18.9 Å². The van der Waals surface area contributed by atoms with Crippen molar-refractivity contribution >= 4 is 23.4 Å². The first-order chi connectivity index (χ1) is 10.7. The lowest BCUT2D eigenvalue weighted by molar-refractivity contribution is -0.385. The van der Waals surface area contributed by atoms with E-state index in [0.29, 0.717) is 0 Å². The highest BCUT2D eigenvalue weighted by molar-refractivity contribution is 6.24. The van der Waals surface area contributed by atoms with Gasteiger partial charge in [0.1, 0.15) is 12.1 Å². The molecule has 0 unspecified atom stereocenters. The number of imide groups is 1. The molecular formula is C15H17N3O5. The van der Waals surface area contributed by atoms with E-state index >= 15 is 0 Å². The van der Waals surface area contributed by atoms with Crippen molar-refractivity contribution in [3.63, 3.8) is 0 Å². The topological polar surface area (TPSA) is 110 Å². The highest BCUT2D eigenvalue weighted by Crippen LogP contribution is 2.30. The Labute approximate surface area is 132 Å². The van der Waals surface area contributed by atoms with E-state index in [0.717, 1.165) is 11.0 Å². The van der Waals surface area contributed by atoms with Gasteiger partial charge >= 0.3 is 0 Å². The van der Waals surface area contributed by atoms with Crippen LogP contribution in [-0.2, 0) is 4.79 Å². The van der Waals surface area contributed by atoms with Gasteiger partial charge in [-0.25, -0.2) is 0 Å². The summed E-state index contributed by atoms with van der Waals surface area (Å²) in [5.74, 6) is -1.80. The van der Waals surface area contributed by atoms with Gasteiger partial charge in [-0.3, -0.25) is 29.4 Å². The predicted octanol–water partition coefficient (Wildman–Crippen LogP) is 1.35.